The average Bonchev–Trinajstić information content (AvgIpc) is 2.65. The summed E-state index contributed by atoms with van der Waals surface area (Å²) in [4.78, 5) is 12.6. The molecular weight excluding hydrogens is 306 g/mol. The summed E-state index contributed by atoms with van der Waals surface area (Å²) >= 11 is 11.1. The van der Waals surface area contributed by atoms with Gasteiger partial charge in [0.05, 0.1) is 10.5 Å². The van der Waals surface area contributed by atoms with E-state index in [0.29, 0.717) is 15.7 Å². The van der Waals surface area contributed by atoms with Crippen LogP contribution in [0.1, 0.15) is 38.5 Å². The summed E-state index contributed by atoms with van der Waals surface area (Å²) in [6.45, 7) is 0. The van der Waals surface area contributed by atoms with Gasteiger partial charge in [0, 0.05) is 10.7 Å². The number of rotatable bonds is 3. The maximum Gasteiger partial charge on any atom is 0.320 e. The average molecular weight is 326 g/mol. The molecule has 1 aliphatic carbocycles. The molecule has 0 saturated heterocycles. The Morgan fingerprint density at radius 1 is 1.24 bits per heavy atom. The zero-order chi connectivity index (χ0) is 15.3. The molecule has 6 heteroatoms. The van der Waals surface area contributed by atoms with Gasteiger partial charge in [0.2, 0.25) is 0 Å². The molecule has 1 fully saturated rings. The predicted molar refractivity (Wildman–Crippen MR) is 90.8 cm³/mol. The maximum absolute atomic E-state index is 12.2. The van der Waals surface area contributed by atoms with E-state index >= 15 is 0 Å². The lowest BCUT2D eigenvalue weighted by molar-refractivity contribution is 0.242. The van der Waals surface area contributed by atoms with Crippen LogP contribution in [0.15, 0.2) is 24.3 Å². The summed E-state index contributed by atoms with van der Waals surface area (Å²) in [5.41, 5.74) is 5.98. The highest BCUT2D eigenvalue weighted by molar-refractivity contribution is 7.80. The van der Waals surface area contributed by atoms with E-state index < -0.39 is 5.54 Å². The molecule has 4 nitrogen and oxygen atoms in total. The number of amides is 2. The van der Waals surface area contributed by atoms with E-state index in [2.05, 4.69) is 10.6 Å². The van der Waals surface area contributed by atoms with E-state index in [0.717, 1.165) is 38.5 Å². The fourth-order valence-electron chi connectivity index (χ4n) is 2.71. The Morgan fingerprint density at radius 3 is 2.48 bits per heavy atom. The second-order valence-electron chi connectivity index (χ2n) is 5.45. The van der Waals surface area contributed by atoms with Crippen molar-refractivity contribution in [3.8, 4) is 0 Å². The van der Waals surface area contributed by atoms with Crippen molar-refractivity contribution < 1.29 is 4.79 Å². The zero-order valence-electron chi connectivity index (χ0n) is 11.8. The Morgan fingerprint density at radius 2 is 1.90 bits per heavy atom. The highest BCUT2D eigenvalue weighted by atomic mass is 35.5. The summed E-state index contributed by atoms with van der Waals surface area (Å²) in [5, 5.41) is 6.34. The highest BCUT2D eigenvalue weighted by Crippen LogP contribution is 2.27. The smallest absolute Gasteiger partial charge is 0.320 e. The molecule has 0 bridgehead atoms. The zero-order valence-corrected chi connectivity index (χ0v) is 13.4. The summed E-state index contributed by atoms with van der Waals surface area (Å²) in [6, 6.07) is 6.72. The Labute approximate surface area is 135 Å². The number of carbonyl (C=O) groups excluding carboxylic acids is 1. The number of hydrogen-bond acceptors (Lipinski definition) is 2. The standard InChI is InChI=1S/C15H20ClN3OS/c16-11-6-5-7-12(10-11)18-14(20)19-15(13(17)21)8-3-1-2-4-9-15/h5-7,10H,1-4,8-9H2,(H2,17,21)(H2,18,19,20). The SMILES string of the molecule is NC(=S)C1(NC(=O)Nc2cccc(Cl)c2)CCCCCC1. The molecule has 0 heterocycles. The molecule has 0 radical (unpaired) electrons. The normalized spacial score (nSPS) is 17.6. The van der Waals surface area contributed by atoms with Gasteiger partial charge < -0.3 is 16.4 Å². The van der Waals surface area contributed by atoms with Gasteiger partial charge in [-0.2, -0.15) is 0 Å². The molecule has 0 aliphatic heterocycles. The van der Waals surface area contributed by atoms with Crippen molar-refractivity contribution in [1.82, 2.24) is 5.32 Å². The van der Waals surface area contributed by atoms with Gasteiger partial charge in [-0.3, -0.25) is 0 Å². The minimum Gasteiger partial charge on any atom is -0.391 e. The van der Waals surface area contributed by atoms with E-state index in [1.807, 2.05) is 0 Å². The van der Waals surface area contributed by atoms with Crippen LogP contribution in [-0.2, 0) is 0 Å². The third-order valence-corrected chi connectivity index (χ3v) is 4.49. The van der Waals surface area contributed by atoms with Crippen LogP contribution in [0.5, 0.6) is 0 Å². The minimum atomic E-state index is -0.575. The van der Waals surface area contributed by atoms with Crippen LogP contribution in [-0.4, -0.2) is 16.6 Å². The van der Waals surface area contributed by atoms with Crippen molar-refractivity contribution in [1.29, 1.82) is 0 Å². The summed E-state index contributed by atoms with van der Waals surface area (Å²) < 4.78 is 0. The van der Waals surface area contributed by atoms with Crippen LogP contribution in [0.4, 0.5) is 10.5 Å². The maximum atomic E-state index is 12.2. The summed E-state index contributed by atoms with van der Waals surface area (Å²) in [7, 11) is 0. The fraction of sp³-hybridized carbons (Fsp3) is 0.467. The number of urea groups is 1. The van der Waals surface area contributed by atoms with Crippen molar-refractivity contribution in [3.63, 3.8) is 0 Å². The van der Waals surface area contributed by atoms with Gasteiger partial charge in [0.25, 0.3) is 0 Å². The van der Waals surface area contributed by atoms with Crippen LogP contribution in [0.3, 0.4) is 0 Å². The van der Waals surface area contributed by atoms with Crippen molar-refractivity contribution in [2.45, 2.75) is 44.1 Å². The van der Waals surface area contributed by atoms with Gasteiger partial charge in [-0.1, -0.05) is 55.6 Å². The first-order valence-corrected chi connectivity index (χ1v) is 7.95. The Balaban J connectivity index is 2.06. The van der Waals surface area contributed by atoms with Crippen LogP contribution >= 0.6 is 23.8 Å². The van der Waals surface area contributed by atoms with Gasteiger partial charge >= 0.3 is 6.03 Å². The van der Waals surface area contributed by atoms with Gasteiger partial charge in [-0.25, -0.2) is 4.79 Å². The van der Waals surface area contributed by atoms with Crippen LogP contribution in [0.2, 0.25) is 5.02 Å². The molecular formula is C15H20ClN3OS. The molecule has 1 aromatic carbocycles. The first kappa shape index (κ1) is 16.0. The number of halogens is 1. The third kappa shape index (κ3) is 4.32. The van der Waals surface area contributed by atoms with Gasteiger partial charge in [-0.15, -0.1) is 0 Å². The Bertz CT molecular complexity index is 527. The molecule has 1 aromatic rings. The molecule has 114 valence electrons. The lowest BCUT2D eigenvalue weighted by atomic mass is 9.90. The number of carbonyl (C=O) groups is 1. The quantitative estimate of drug-likeness (QED) is 0.584. The highest BCUT2D eigenvalue weighted by Gasteiger charge is 2.35. The van der Waals surface area contributed by atoms with Crippen LogP contribution in [0, 0.1) is 0 Å². The molecule has 0 aromatic heterocycles. The lowest BCUT2D eigenvalue weighted by Gasteiger charge is -2.32. The van der Waals surface area contributed by atoms with E-state index in [1.165, 1.54) is 0 Å². The number of benzene rings is 1. The molecule has 4 N–H and O–H groups in total. The number of anilines is 1. The van der Waals surface area contributed by atoms with Crippen molar-refractivity contribution in [2.24, 2.45) is 5.73 Å². The summed E-state index contributed by atoms with van der Waals surface area (Å²) in [6.07, 6.45) is 5.95. The number of hydrogen-bond donors (Lipinski definition) is 3. The topological polar surface area (TPSA) is 67.1 Å². The lowest BCUT2D eigenvalue weighted by Crippen LogP contribution is -2.57. The predicted octanol–water partition coefficient (Wildman–Crippen LogP) is 3.84. The molecule has 1 aliphatic rings. The molecule has 0 unspecified atom stereocenters. The second-order valence-corrected chi connectivity index (χ2v) is 6.33. The number of nitrogens with two attached hydrogens (primary N) is 1. The van der Waals surface area contributed by atoms with Crippen LogP contribution in [0.25, 0.3) is 0 Å². The monoisotopic (exact) mass is 325 g/mol. The molecule has 2 rings (SSSR count). The molecule has 1 saturated carbocycles. The van der Waals surface area contributed by atoms with E-state index in [4.69, 9.17) is 29.6 Å². The van der Waals surface area contributed by atoms with E-state index in [9.17, 15) is 4.79 Å². The largest absolute Gasteiger partial charge is 0.391 e. The van der Waals surface area contributed by atoms with Crippen molar-refractivity contribution >= 4 is 40.5 Å². The van der Waals surface area contributed by atoms with E-state index in [1.54, 1.807) is 24.3 Å². The van der Waals surface area contributed by atoms with Crippen LogP contribution < -0.4 is 16.4 Å². The Kier molecular flexibility index (Phi) is 5.42. The number of nitrogens with one attached hydrogen (secondary N) is 2. The molecule has 21 heavy (non-hydrogen) atoms. The molecule has 0 atom stereocenters. The van der Waals surface area contributed by atoms with Crippen molar-refractivity contribution in [3.05, 3.63) is 29.3 Å². The first-order valence-electron chi connectivity index (χ1n) is 7.16. The Hall–Kier alpha value is -1.33. The van der Waals surface area contributed by atoms with E-state index in [-0.39, 0.29) is 6.03 Å². The van der Waals surface area contributed by atoms with Crippen molar-refractivity contribution in [2.75, 3.05) is 5.32 Å². The third-order valence-electron chi connectivity index (χ3n) is 3.86. The molecule has 2 amide bonds. The fourth-order valence-corrected chi connectivity index (χ4v) is 3.16. The second kappa shape index (κ2) is 7.09. The first-order chi connectivity index (χ1) is 10.0. The number of thiocarbonyl (C=S) groups is 1. The van der Waals surface area contributed by atoms with Gasteiger partial charge in [0.1, 0.15) is 0 Å². The van der Waals surface area contributed by atoms with Gasteiger partial charge in [0.15, 0.2) is 0 Å². The molecule has 0 spiro atoms. The van der Waals surface area contributed by atoms with Gasteiger partial charge in [-0.05, 0) is 31.0 Å². The summed E-state index contributed by atoms with van der Waals surface area (Å²) in [5.74, 6) is 0. The minimum absolute atomic E-state index is 0.299.